The SMILES string of the molecule is Cc1ccc(C(=O)NCCc2ccc(-c3csc(C)n3)s2)c(C)c1. The number of nitrogens with one attached hydrogen (secondary N) is 1. The molecule has 0 bridgehead atoms. The van der Waals surface area contributed by atoms with Crippen LogP contribution in [0.2, 0.25) is 0 Å². The lowest BCUT2D eigenvalue weighted by Gasteiger charge is -2.07. The Morgan fingerprint density at radius 2 is 2.00 bits per heavy atom. The second-order valence-corrected chi connectivity index (χ2v) is 8.07. The Hall–Kier alpha value is -1.98. The van der Waals surface area contributed by atoms with E-state index in [1.165, 1.54) is 15.3 Å². The summed E-state index contributed by atoms with van der Waals surface area (Å²) < 4.78 is 0. The molecule has 3 aromatic rings. The highest BCUT2D eigenvalue weighted by Gasteiger charge is 2.09. The van der Waals surface area contributed by atoms with Crippen molar-refractivity contribution in [2.24, 2.45) is 0 Å². The van der Waals surface area contributed by atoms with Crippen molar-refractivity contribution in [3.05, 3.63) is 62.3 Å². The summed E-state index contributed by atoms with van der Waals surface area (Å²) in [5.41, 5.74) is 4.00. The Labute approximate surface area is 150 Å². The summed E-state index contributed by atoms with van der Waals surface area (Å²) in [7, 11) is 0. The minimum absolute atomic E-state index is 0.000550. The lowest BCUT2D eigenvalue weighted by molar-refractivity contribution is 0.0953. The Morgan fingerprint density at radius 3 is 2.71 bits per heavy atom. The predicted octanol–water partition coefficient (Wildman–Crippen LogP) is 4.77. The van der Waals surface area contributed by atoms with E-state index in [9.17, 15) is 4.79 Å². The van der Waals surface area contributed by atoms with Gasteiger partial charge in [-0.25, -0.2) is 4.98 Å². The smallest absolute Gasteiger partial charge is 0.251 e. The third-order valence-corrected chi connectivity index (χ3v) is 5.76. The van der Waals surface area contributed by atoms with Gasteiger partial charge >= 0.3 is 0 Å². The summed E-state index contributed by atoms with van der Waals surface area (Å²) in [4.78, 5) is 19.2. The van der Waals surface area contributed by atoms with E-state index in [2.05, 4.69) is 27.8 Å². The molecule has 0 aliphatic carbocycles. The molecule has 0 aliphatic heterocycles. The summed E-state index contributed by atoms with van der Waals surface area (Å²) in [5.74, 6) is -0.000550. The van der Waals surface area contributed by atoms with Gasteiger partial charge in [0, 0.05) is 22.4 Å². The molecule has 2 heterocycles. The molecule has 0 saturated carbocycles. The number of carbonyl (C=O) groups is 1. The third-order valence-electron chi connectivity index (χ3n) is 3.82. The van der Waals surface area contributed by atoms with E-state index in [0.29, 0.717) is 6.54 Å². The first-order valence-electron chi connectivity index (χ1n) is 7.89. The van der Waals surface area contributed by atoms with Gasteiger partial charge < -0.3 is 5.32 Å². The van der Waals surface area contributed by atoms with Crippen molar-refractivity contribution in [1.82, 2.24) is 10.3 Å². The molecule has 1 amide bonds. The van der Waals surface area contributed by atoms with Crippen LogP contribution in [0, 0.1) is 20.8 Å². The summed E-state index contributed by atoms with van der Waals surface area (Å²) in [6, 6.07) is 10.1. The molecule has 0 aliphatic rings. The lowest BCUT2D eigenvalue weighted by Crippen LogP contribution is -2.26. The molecular formula is C19H20N2OS2. The van der Waals surface area contributed by atoms with E-state index >= 15 is 0 Å². The molecule has 2 aromatic heterocycles. The highest BCUT2D eigenvalue weighted by molar-refractivity contribution is 7.16. The number of carbonyl (C=O) groups excluding carboxylic acids is 1. The molecule has 24 heavy (non-hydrogen) atoms. The maximum Gasteiger partial charge on any atom is 0.251 e. The zero-order valence-electron chi connectivity index (χ0n) is 14.1. The van der Waals surface area contributed by atoms with Gasteiger partial charge in [0.2, 0.25) is 0 Å². The second-order valence-electron chi connectivity index (χ2n) is 5.84. The van der Waals surface area contributed by atoms with Crippen LogP contribution in [0.5, 0.6) is 0 Å². The van der Waals surface area contributed by atoms with Crippen molar-refractivity contribution >= 4 is 28.6 Å². The highest BCUT2D eigenvalue weighted by Crippen LogP contribution is 2.29. The first kappa shape index (κ1) is 16.9. The van der Waals surface area contributed by atoms with Gasteiger partial charge in [0.15, 0.2) is 0 Å². The maximum absolute atomic E-state index is 12.3. The van der Waals surface area contributed by atoms with Crippen molar-refractivity contribution in [1.29, 1.82) is 0 Å². The summed E-state index contributed by atoms with van der Waals surface area (Å²) in [5, 5.41) is 6.19. The van der Waals surface area contributed by atoms with Crippen molar-refractivity contribution in [2.75, 3.05) is 6.54 Å². The molecule has 0 spiro atoms. The minimum Gasteiger partial charge on any atom is -0.352 e. The van der Waals surface area contributed by atoms with E-state index in [1.54, 1.807) is 22.7 Å². The van der Waals surface area contributed by atoms with E-state index in [-0.39, 0.29) is 5.91 Å². The molecule has 3 nitrogen and oxygen atoms in total. The molecular weight excluding hydrogens is 336 g/mol. The predicted molar refractivity (Wildman–Crippen MR) is 102 cm³/mol. The van der Waals surface area contributed by atoms with Gasteiger partial charge in [-0.05, 0) is 51.0 Å². The first-order valence-corrected chi connectivity index (χ1v) is 9.59. The number of thiazole rings is 1. The number of benzene rings is 1. The van der Waals surface area contributed by atoms with Crippen LogP contribution < -0.4 is 5.32 Å². The molecule has 124 valence electrons. The fourth-order valence-electron chi connectivity index (χ4n) is 2.59. The average molecular weight is 357 g/mol. The Balaban J connectivity index is 1.57. The number of aromatic nitrogens is 1. The summed E-state index contributed by atoms with van der Waals surface area (Å²) >= 11 is 3.41. The van der Waals surface area contributed by atoms with Crippen LogP contribution in [-0.2, 0) is 6.42 Å². The van der Waals surface area contributed by atoms with Gasteiger partial charge in [-0.1, -0.05) is 17.7 Å². The monoisotopic (exact) mass is 356 g/mol. The molecule has 0 radical (unpaired) electrons. The van der Waals surface area contributed by atoms with E-state index in [1.807, 2.05) is 39.0 Å². The average Bonchev–Trinajstić information content (AvgIpc) is 3.16. The molecule has 0 fully saturated rings. The van der Waals surface area contributed by atoms with Crippen LogP contribution in [-0.4, -0.2) is 17.4 Å². The summed E-state index contributed by atoms with van der Waals surface area (Å²) in [6.07, 6.45) is 0.838. The van der Waals surface area contributed by atoms with E-state index < -0.39 is 0 Å². The van der Waals surface area contributed by atoms with Crippen LogP contribution in [0.1, 0.15) is 31.4 Å². The quantitative estimate of drug-likeness (QED) is 0.715. The van der Waals surface area contributed by atoms with E-state index in [0.717, 1.165) is 28.2 Å². The van der Waals surface area contributed by atoms with E-state index in [4.69, 9.17) is 0 Å². The maximum atomic E-state index is 12.3. The lowest BCUT2D eigenvalue weighted by atomic mass is 10.1. The van der Waals surface area contributed by atoms with Gasteiger partial charge in [0.25, 0.3) is 5.91 Å². The number of hydrogen-bond donors (Lipinski definition) is 1. The Kier molecular flexibility index (Phi) is 5.11. The number of thiophene rings is 1. The molecule has 0 saturated heterocycles. The molecule has 5 heteroatoms. The third kappa shape index (κ3) is 3.91. The molecule has 0 atom stereocenters. The zero-order chi connectivity index (χ0) is 17.1. The van der Waals surface area contributed by atoms with Crippen molar-refractivity contribution in [2.45, 2.75) is 27.2 Å². The van der Waals surface area contributed by atoms with Gasteiger partial charge in [0.05, 0.1) is 15.6 Å². The number of amides is 1. The van der Waals surface area contributed by atoms with Crippen LogP contribution in [0.4, 0.5) is 0 Å². The van der Waals surface area contributed by atoms with Crippen LogP contribution in [0.15, 0.2) is 35.7 Å². The minimum atomic E-state index is -0.000550. The Bertz CT molecular complexity index is 864. The first-order chi connectivity index (χ1) is 11.5. The number of nitrogens with zero attached hydrogens (tertiary/aromatic N) is 1. The Morgan fingerprint density at radius 1 is 1.17 bits per heavy atom. The molecule has 1 N–H and O–H groups in total. The van der Waals surface area contributed by atoms with Gasteiger partial charge in [0.1, 0.15) is 0 Å². The molecule has 0 unspecified atom stereocenters. The van der Waals surface area contributed by atoms with Crippen LogP contribution in [0.25, 0.3) is 10.6 Å². The normalized spacial score (nSPS) is 10.8. The van der Waals surface area contributed by atoms with Gasteiger partial charge in [-0.3, -0.25) is 4.79 Å². The molecule has 1 aromatic carbocycles. The number of hydrogen-bond acceptors (Lipinski definition) is 4. The van der Waals surface area contributed by atoms with Crippen molar-refractivity contribution in [3.63, 3.8) is 0 Å². The fraction of sp³-hybridized carbons (Fsp3) is 0.263. The highest BCUT2D eigenvalue weighted by atomic mass is 32.1. The second kappa shape index (κ2) is 7.28. The topological polar surface area (TPSA) is 42.0 Å². The summed E-state index contributed by atoms with van der Waals surface area (Å²) in [6.45, 7) is 6.67. The fourth-order valence-corrected chi connectivity index (χ4v) is 4.24. The van der Waals surface area contributed by atoms with Crippen molar-refractivity contribution in [3.8, 4) is 10.6 Å². The zero-order valence-corrected chi connectivity index (χ0v) is 15.7. The number of rotatable bonds is 5. The largest absolute Gasteiger partial charge is 0.352 e. The van der Waals surface area contributed by atoms with Crippen molar-refractivity contribution < 1.29 is 4.79 Å². The molecule has 3 rings (SSSR count). The van der Waals surface area contributed by atoms with Gasteiger partial charge in [-0.15, -0.1) is 22.7 Å². The van der Waals surface area contributed by atoms with Crippen LogP contribution in [0.3, 0.4) is 0 Å². The number of aryl methyl sites for hydroxylation is 3. The van der Waals surface area contributed by atoms with Gasteiger partial charge in [-0.2, -0.15) is 0 Å². The van der Waals surface area contributed by atoms with Crippen LogP contribution >= 0.6 is 22.7 Å². The standard InChI is InChI=1S/C19H20N2OS2/c1-12-4-6-16(13(2)10-12)19(22)20-9-8-15-5-7-18(24-15)17-11-23-14(3)21-17/h4-7,10-11H,8-9H2,1-3H3,(H,20,22).